The zero-order valence-electron chi connectivity index (χ0n) is 19.0. The fourth-order valence-corrected chi connectivity index (χ4v) is 4.56. The molecule has 1 aromatic heterocycles. The van der Waals surface area contributed by atoms with Crippen molar-refractivity contribution in [2.45, 2.75) is 63.6 Å². The first-order valence-corrected chi connectivity index (χ1v) is 11.5. The van der Waals surface area contributed by atoms with E-state index in [1.807, 2.05) is 49.5 Å². The van der Waals surface area contributed by atoms with Crippen LogP contribution in [0.3, 0.4) is 0 Å². The van der Waals surface area contributed by atoms with Gasteiger partial charge in [-0.05, 0) is 37.5 Å². The van der Waals surface area contributed by atoms with Crippen LogP contribution in [0.4, 0.5) is 0 Å². The molecule has 0 fully saturated rings. The number of alkyl halides is 1. The molecule has 0 spiro atoms. The highest BCUT2D eigenvalue weighted by Gasteiger charge is 2.41. The van der Waals surface area contributed by atoms with Gasteiger partial charge in [-0.2, -0.15) is 0 Å². The van der Waals surface area contributed by atoms with E-state index in [1.165, 1.54) is 0 Å². The Kier molecular flexibility index (Phi) is 10.4. The second kappa shape index (κ2) is 12.7. The molecule has 7 heteroatoms. The Morgan fingerprint density at radius 3 is 2.77 bits per heavy atom. The average molecular weight is 446 g/mol. The number of aliphatic hydroxyl groups excluding tert-OH is 1. The lowest BCUT2D eigenvalue weighted by Crippen LogP contribution is -2.51. The molecule has 0 aliphatic carbocycles. The van der Waals surface area contributed by atoms with Crippen LogP contribution in [0.15, 0.2) is 59.4 Å². The van der Waals surface area contributed by atoms with Crippen molar-refractivity contribution in [3.63, 3.8) is 0 Å². The van der Waals surface area contributed by atoms with Gasteiger partial charge in [-0.15, -0.1) is 11.6 Å². The zero-order chi connectivity index (χ0) is 22.8. The molecule has 2 rings (SSSR count). The molecule has 0 aromatic carbocycles. The monoisotopic (exact) mass is 445 g/mol. The molecule has 6 unspecified atom stereocenters. The number of aliphatic hydroxyl groups is 1. The van der Waals surface area contributed by atoms with Crippen molar-refractivity contribution >= 4 is 23.7 Å². The fraction of sp³-hybridized carbons (Fsp3) is 0.542. The molecule has 0 bridgehead atoms. The van der Waals surface area contributed by atoms with Gasteiger partial charge in [-0.3, -0.25) is 15.0 Å². The summed E-state index contributed by atoms with van der Waals surface area (Å²) in [6.45, 7) is 9.95. The van der Waals surface area contributed by atoms with E-state index in [1.54, 1.807) is 18.6 Å². The van der Waals surface area contributed by atoms with Crippen molar-refractivity contribution in [3.8, 4) is 0 Å². The number of hydrogen-bond donors (Lipinski definition) is 2. The summed E-state index contributed by atoms with van der Waals surface area (Å²) in [5, 5.41) is 13.5. The van der Waals surface area contributed by atoms with Crippen molar-refractivity contribution in [3.05, 3.63) is 55.0 Å². The van der Waals surface area contributed by atoms with Gasteiger partial charge in [0.15, 0.2) is 0 Å². The molecule has 6 nitrogen and oxygen atoms in total. The number of nitrogens with one attached hydrogen (secondary N) is 1. The topological polar surface area (TPSA) is 73.1 Å². The van der Waals surface area contributed by atoms with Gasteiger partial charge < -0.3 is 5.11 Å². The SMILES string of the molecule is C=CN=C(CCC)N(NC)C(c1cccnc1)C(CC)C(O)C1N=CC=CC1C(C)Cl. The molecule has 2 N–H and O–H groups in total. The van der Waals surface area contributed by atoms with E-state index >= 15 is 0 Å². The van der Waals surface area contributed by atoms with Crippen molar-refractivity contribution in [2.75, 3.05) is 7.05 Å². The maximum atomic E-state index is 11.6. The number of hydrogen-bond acceptors (Lipinski definition) is 5. The first-order valence-electron chi connectivity index (χ1n) is 11.1. The Labute approximate surface area is 191 Å². The highest BCUT2D eigenvalue weighted by atomic mass is 35.5. The molecule has 1 aliphatic heterocycles. The Bertz CT molecular complexity index is 764. The van der Waals surface area contributed by atoms with Crippen molar-refractivity contribution < 1.29 is 5.11 Å². The van der Waals surface area contributed by atoms with Gasteiger partial charge >= 0.3 is 0 Å². The van der Waals surface area contributed by atoms with Crippen LogP contribution in [0, 0.1) is 11.8 Å². The number of halogens is 1. The number of allylic oxidation sites excluding steroid dienone is 1. The summed E-state index contributed by atoms with van der Waals surface area (Å²) in [6.07, 6.45) is 12.6. The minimum Gasteiger partial charge on any atom is -0.390 e. The quantitative estimate of drug-likeness (QED) is 0.227. The largest absolute Gasteiger partial charge is 0.390 e. The summed E-state index contributed by atoms with van der Waals surface area (Å²) in [6, 6.07) is 3.45. The molecule has 170 valence electrons. The van der Waals surface area contributed by atoms with Crippen molar-refractivity contribution in [2.24, 2.45) is 21.8 Å². The molecule has 0 amide bonds. The molecule has 1 aromatic rings. The third-order valence-electron chi connectivity index (χ3n) is 5.80. The molecular weight excluding hydrogens is 410 g/mol. The number of hydrazine groups is 1. The number of aliphatic imine (C=N–C) groups is 2. The molecule has 0 saturated heterocycles. The normalized spacial score (nSPS) is 22.6. The zero-order valence-corrected chi connectivity index (χ0v) is 19.8. The standard InChI is InChI=1S/C24H36ClN5O/c1-6-11-21(28-8-3)30(26-5)23(18-12-9-14-27-16-18)19(7-2)24(31)22-20(17(4)25)13-10-15-29-22/h8-10,12-17,19-20,22-24,26,31H,3,6-7,11H2,1-2,4-5H3. The number of dihydropyridines is 1. The van der Waals surface area contributed by atoms with E-state index < -0.39 is 6.10 Å². The van der Waals surface area contributed by atoms with Crippen LogP contribution < -0.4 is 5.43 Å². The molecular formula is C24H36ClN5O. The Morgan fingerprint density at radius 1 is 1.45 bits per heavy atom. The number of rotatable bonds is 11. The molecule has 0 radical (unpaired) electrons. The van der Waals surface area contributed by atoms with Crippen LogP contribution in [0.5, 0.6) is 0 Å². The lowest BCUT2D eigenvalue weighted by Gasteiger charge is -2.42. The van der Waals surface area contributed by atoms with E-state index in [0.717, 1.165) is 30.7 Å². The molecule has 31 heavy (non-hydrogen) atoms. The summed E-state index contributed by atoms with van der Waals surface area (Å²) in [5.74, 6) is 0.689. The molecule has 0 saturated carbocycles. The number of amidine groups is 1. The highest BCUT2D eigenvalue weighted by molar-refractivity contribution is 6.20. The molecule has 2 heterocycles. The summed E-state index contributed by atoms with van der Waals surface area (Å²) in [4.78, 5) is 13.5. The molecule has 6 atom stereocenters. The highest BCUT2D eigenvalue weighted by Crippen LogP contribution is 2.37. The van der Waals surface area contributed by atoms with E-state index in [9.17, 15) is 5.11 Å². The minimum atomic E-state index is -0.704. The van der Waals surface area contributed by atoms with Gasteiger partial charge in [0.05, 0.1) is 18.2 Å². The Balaban J connectivity index is 2.52. The number of nitrogens with zero attached hydrogens (tertiary/aromatic N) is 4. The predicted molar refractivity (Wildman–Crippen MR) is 130 cm³/mol. The number of aromatic nitrogens is 1. The third kappa shape index (κ3) is 6.25. The first kappa shape index (κ1) is 25.2. The van der Waals surface area contributed by atoms with Crippen molar-refractivity contribution in [1.29, 1.82) is 0 Å². The van der Waals surface area contributed by atoms with E-state index in [-0.39, 0.29) is 29.3 Å². The summed E-state index contributed by atoms with van der Waals surface area (Å²) < 4.78 is 0. The van der Waals surface area contributed by atoms with Gasteiger partial charge in [0.1, 0.15) is 5.84 Å². The Hall–Kier alpha value is -2.02. The summed E-state index contributed by atoms with van der Waals surface area (Å²) in [7, 11) is 1.88. The minimum absolute atomic E-state index is 0.0368. The second-order valence-corrected chi connectivity index (χ2v) is 8.48. The summed E-state index contributed by atoms with van der Waals surface area (Å²) >= 11 is 6.46. The summed E-state index contributed by atoms with van der Waals surface area (Å²) in [5.41, 5.74) is 4.32. The first-order chi connectivity index (χ1) is 15.0. The Morgan fingerprint density at radius 2 is 2.23 bits per heavy atom. The van der Waals surface area contributed by atoms with Crippen LogP contribution in [0.25, 0.3) is 0 Å². The maximum absolute atomic E-state index is 11.6. The van der Waals surface area contributed by atoms with Crippen LogP contribution in [0.2, 0.25) is 0 Å². The van der Waals surface area contributed by atoms with Gasteiger partial charge in [0.2, 0.25) is 0 Å². The predicted octanol–water partition coefficient (Wildman–Crippen LogP) is 4.54. The van der Waals surface area contributed by atoms with Crippen LogP contribution >= 0.6 is 11.6 Å². The lowest BCUT2D eigenvalue weighted by molar-refractivity contribution is 0.0186. The van der Waals surface area contributed by atoms with E-state index in [4.69, 9.17) is 11.6 Å². The van der Waals surface area contributed by atoms with Gasteiger partial charge in [-0.25, -0.2) is 10.4 Å². The fourth-order valence-electron chi connectivity index (χ4n) is 4.33. The maximum Gasteiger partial charge on any atom is 0.119 e. The van der Waals surface area contributed by atoms with Crippen LogP contribution in [-0.4, -0.2) is 51.7 Å². The molecule has 1 aliphatic rings. The van der Waals surface area contributed by atoms with Crippen molar-refractivity contribution in [1.82, 2.24) is 15.4 Å². The van der Waals surface area contributed by atoms with E-state index in [0.29, 0.717) is 0 Å². The second-order valence-electron chi connectivity index (χ2n) is 7.79. The van der Waals surface area contributed by atoms with E-state index in [2.05, 4.69) is 40.8 Å². The number of pyridine rings is 1. The average Bonchev–Trinajstić information content (AvgIpc) is 2.79. The van der Waals surface area contributed by atoms with Crippen LogP contribution in [-0.2, 0) is 0 Å². The van der Waals surface area contributed by atoms with Gasteiger partial charge in [0.25, 0.3) is 0 Å². The van der Waals surface area contributed by atoms with Gasteiger partial charge in [-0.1, -0.05) is 32.6 Å². The van der Waals surface area contributed by atoms with Crippen LogP contribution in [0.1, 0.15) is 51.6 Å². The smallest absolute Gasteiger partial charge is 0.119 e. The lowest BCUT2D eigenvalue weighted by atomic mass is 9.78. The third-order valence-corrected chi connectivity index (χ3v) is 6.10. The van der Waals surface area contributed by atoms with Gasteiger partial charge in [0, 0.05) is 55.5 Å².